The average molecular weight is 1610 g/mol. The van der Waals surface area contributed by atoms with E-state index in [2.05, 4.69) is 31.9 Å². The van der Waals surface area contributed by atoms with Gasteiger partial charge in [0.25, 0.3) is 5.78 Å². The fourth-order valence-corrected chi connectivity index (χ4v) is 17.1. The van der Waals surface area contributed by atoms with Crippen molar-refractivity contribution in [2.45, 2.75) is 158 Å². The number of esters is 1. The molecule has 10 aromatic rings. The van der Waals surface area contributed by atoms with Crippen molar-refractivity contribution in [1.29, 1.82) is 0 Å². The summed E-state index contributed by atoms with van der Waals surface area (Å²) in [5.74, 6) is -7.84. The lowest BCUT2D eigenvalue weighted by Crippen LogP contribution is -2.62. The summed E-state index contributed by atoms with van der Waals surface area (Å²) in [6, 6.07) is 70.9. The first-order valence-electron chi connectivity index (χ1n) is 39.5. The van der Waals surface area contributed by atoms with E-state index in [1.807, 2.05) is 251 Å². The Bertz CT molecular complexity index is 4860. The number of Topliss-reactive ketones (excluding diaryl/α,β-unsaturated/α-hetero) is 1. The lowest BCUT2D eigenvalue weighted by molar-refractivity contribution is -0.155. The molecule has 0 bridgehead atoms. The number of para-hydroxylation sites is 1. The van der Waals surface area contributed by atoms with Crippen LogP contribution in [-0.2, 0) is 69.3 Å². The molecule has 0 radical (unpaired) electrons. The maximum absolute atomic E-state index is 15.8. The number of aromatic nitrogens is 1. The lowest BCUT2D eigenvalue weighted by atomic mass is 9.77. The van der Waals surface area contributed by atoms with Gasteiger partial charge in [-0.1, -0.05) is 263 Å². The Morgan fingerprint density at radius 1 is 0.487 bits per heavy atom. The van der Waals surface area contributed by atoms with Crippen LogP contribution in [0, 0.1) is 5.92 Å². The predicted molar refractivity (Wildman–Crippen MR) is 461 cm³/mol. The van der Waals surface area contributed by atoms with Crippen molar-refractivity contribution >= 4 is 87.7 Å². The minimum atomic E-state index is -1.81. The molecular formula is C95H104N8O12S2. The van der Waals surface area contributed by atoms with Crippen LogP contribution in [0.4, 0.5) is 4.79 Å². The zero-order valence-corrected chi connectivity index (χ0v) is 69.3. The third-order valence-electron chi connectivity index (χ3n) is 20.5. The van der Waals surface area contributed by atoms with Gasteiger partial charge >= 0.3 is 12.1 Å². The van der Waals surface area contributed by atoms with Crippen molar-refractivity contribution in [1.82, 2.24) is 36.5 Å². The molecule has 9 aromatic carbocycles. The van der Waals surface area contributed by atoms with Crippen LogP contribution in [0.5, 0.6) is 0 Å². The second-order valence-electron chi connectivity index (χ2n) is 31.8. The fraction of sp³-hybridized carbons (Fsp3) is 0.316. The molecule has 0 saturated carbocycles. The number of nitrogens with one attached hydrogen (secondary N) is 6. The van der Waals surface area contributed by atoms with Crippen molar-refractivity contribution in [2.75, 3.05) is 24.4 Å². The van der Waals surface area contributed by atoms with Crippen molar-refractivity contribution < 1.29 is 57.4 Å². The minimum absolute atomic E-state index is 0.0202. The first-order chi connectivity index (χ1) is 56.1. The number of rotatable bonds is 35. The number of thioether (sulfide) groups is 2. The maximum atomic E-state index is 15.8. The molecule has 608 valence electrons. The Morgan fingerprint density at radius 2 is 0.923 bits per heavy atom. The van der Waals surface area contributed by atoms with Crippen LogP contribution < -0.4 is 37.6 Å². The largest absolute Gasteiger partial charge is 0.459 e. The van der Waals surface area contributed by atoms with Gasteiger partial charge in [-0.05, 0) is 146 Å². The van der Waals surface area contributed by atoms with Gasteiger partial charge in [0, 0.05) is 29.7 Å². The molecule has 7 atom stereocenters. The predicted octanol–water partition coefficient (Wildman–Crippen LogP) is 13.9. The van der Waals surface area contributed by atoms with Gasteiger partial charge in [-0.2, -0.15) is 11.8 Å². The Labute approximate surface area is 693 Å². The van der Waals surface area contributed by atoms with Crippen LogP contribution in [0.25, 0.3) is 22.0 Å². The van der Waals surface area contributed by atoms with Gasteiger partial charge in [-0.25, -0.2) is 9.59 Å². The number of amides is 6. The molecule has 22 heteroatoms. The number of carbonyl (C=O) groups excluding carboxylic acids is 9. The summed E-state index contributed by atoms with van der Waals surface area (Å²) in [6.07, 6.45) is 0.345. The molecule has 6 amide bonds. The van der Waals surface area contributed by atoms with Crippen molar-refractivity contribution in [3.05, 3.63) is 311 Å². The number of carbonyl (C=O) groups is 9. The first kappa shape index (κ1) is 86.4. The summed E-state index contributed by atoms with van der Waals surface area (Å²) < 4.78 is 18.7. The molecule has 0 saturated heterocycles. The molecule has 0 unspecified atom stereocenters. The Morgan fingerprint density at radius 3 is 1.41 bits per heavy atom. The number of nitrogens with zero attached hydrogens (tertiary/aromatic N) is 1. The molecule has 20 nitrogen and oxygen atoms in total. The van der Waals surface area contributed by atoms with Gasteiger partial charge in [0.1, 0.15) is 48.0 Å². The Hall–Kier alpha value is -11.4. The zero-order valence-electron chi connectivity index (χ0n) is 67.7. The standard InChI is InChI=1S/C95H104N8O12S2/c1-61(2)55-79(87(108)98-78(56-63-58-103(91(112)115-93(7,8)9)81-52-34-33-47-70(63)81)84(105)90(111)113-59-75-73-50-31-29-48-71(73)72-49-30-32-51-74(72)75)99-86(107)77(53-54-116-10)97-88(109)80(57-82(104)102-94(64-35-17-11-18-36-64,65-37-19-12-20-38-65)66-39-21-13-22-40-66)100-89(110)83(62(3)114-92(4,5)6)101-85(106)76(96)60-117-95(67-41-23-14-24-42-67,68-43-25-15-26-44-68)69-45-27-16-28-46-69/h11-52,58,61-62,75-80,83H,53-57,59-60,96H2,1-10H3,(H,97,109)(H,98,108)(H,99,107)(H,100,110)(H,101,106)(H,102,104)/t62-,76+,77+,78+,79+,80+,83+/m1/s1. The van der Waals surface area contributed by atoms with Gasteiger partial charge in [0.05, 0.1) is 34.4 Å². The highest BCUT2D eigenvalue weighted by molar-refractivity contribution is 8.00. The molecule has 0 spiro atoms. The number of nitrogens with two attached hydrogens (primary N) is 1. The minimum Gasteiger partial charge on any atom is -0.459 e. The fourth-order valence-electron chi connectivity index (χ4n) is 15.2. The van der Waals surface area contributed by atoms with E-state index < -0.39 is 129 Å². The normalized spacial score (nSPS) is 14.1. The van der Waals surface area contributed by atoms with E-state index in [9.17, 15) is 9.59 Å². The molecule has 1 aliphatic rings. The van der Waals surface area contributed by atoms with Crippen molar-refractivity contribution in [3.8, 4) is 11.1 Å². The van der Waals surface area contributed by atoms with E-state index >= 15 is 33.6 Å². The second-order valence-corrected chi connectivity index (χ2v) is 34.0. The number of ketones is 1. The molecule has 1 aromatic heterocycles. The highest BCUT2D eigenvalue weighted by atomic mass is 32.2. The molecular weight excluding hydrogens is 1510 g/mol. The number of fused-ring (bicyclic) bond motifs is 4. The summed E-state index contributed by atoms with van der Waals surface area (Å²) in [4.78, 5) is 137. The molecule has 8 N–H and O–H groups in total. The molecule has 117 heavy (non-hydrogen) atoms. The van der Waals surface area contributed by atoms with Crippen LogP contribution in [0.15, 0.2) is 261 Å². The molecule has 1 aliphatic carbocycles. The van der Waals surface area contributed by atoms with Crippen molar-refractivity contribution in [2.24, 2.45) is 11.7 Å². The maximum Gasteiger partial charge on any atom is 0.419 e. The highest BCUT2D eigenvalue weighted by Gasteiger charge is 2.44. The number of benzene rings is 9. The van der Waals surface area contributed by atoms with E-state index in [-0.39, 0.29) is 43.3 Å². The van der Waals surface area contributed by atoms with Crippen LogP contribution in [0.3, 0.4) is 0 Å². The van der Waals surface area contributed by atoms with Crippen LogP contribution in [-0.4, -0.2) is 136 Å². The lowest BCUT2D eigenvalue weighted by Gasteiger charge is -2.37. The van der Waals surface area contributed by atoms with Gasteiger partial charge in [-0.15, -0.1) is 11.8 Å². The third kappa shape index (κ3) is 21.2. The number of ether oxygens (including phenoxy) is 3. The Kier molecular flexibility index (Phi) is 28.8. The summed E-state index contributed by atoms with van der Waals surface area (Å²) in [5.41, 5.74) is 13.1. The smallest absolute Gasteiger partial charge is 0.419 e. The summed E-state index contributed by atoms with van der Waals surface area (Å²) in [5, 5.41) is 18.1. The summed E-state index contributed by atoms with van der Waals surface area (Å²) >= 11 is 2.82. The summed E-state index contributed by atoms with van der Waals surface area (Å²) in [6.45, 7) is 15.6. The van der Waals surface area contributed by atoms with Crippen LogP contribution >= 0.6 is 23.5 Å². The van der Waals surface area contributed by atoms with E-state index in [4.69, 9.17) is 19.9 Å². The second kappa shape index (κ2) is 39.0. The zero-order chi connectivity index (χ0) is 83.6. The van der Waals surface area contributed by atoms with E-state index in [1.54, 1.807) is 72.7 Å². The summed E-state index contributed by atoms with van der Waals surface area (Å²) in [7, 11) is 0. The van der Waals surface area contributed by atoms with Gasteiger partial charge in [-0.3, -0.25) is 38.1 Å². The van der Waals surface area contributed by atoms with E-state index in [0.717, 1.165) is 38.9 Å². The number of hydrogen-bond acceptors (Lipinski definition) is 15. The number of hydrogen-bond donors (Lipinski definition) is 7. The first-order valence-corrected chi connectivity index (χ1v) is 41.9. The average Bonchev–Trinajstić information content (AvgIpc) is 1.57. The van der Waals surface area contributed by atoms with Gasteiger partial charge in [0.15, 0.2) is 0 Å². The SMILES string of the molecule is CSCC[C@H](NC(=O)[C@H](CC(=O)NC(c1ccccc1)(c1ccccc1)c1ccccc1)NC(=O)[C@@H](NC(=O)[C@@H](N)CSC(c1ccccc1)(c1ccccc1)c1ccccc1)[C@@H](C)OC(C)(C)C)C(=O)N[C@@H](CC(C)C)C(=O)N[C@@H](Cc1cn(C(=O)OC(C)(C)C)c2ccccc12)C(=O)C(=O)OCC1c2ccccc2-c2ccccc21. The van der Waals surface area contributed by atoms with Crippen LogP contribution in [0.1, 0.15) is 138 Å². The quantitative estimate of drug-likeness (QED) is 0.0110. The monoisotopic (exact) mass is 1610 g/mol. The highest BCUT2D eigenvalue weighted by Crippen LogP contribution is 2.49. The molecule has 11 rings (SSSR count). The topological polar surface area (TPSA) is 284 Å². The van der Waals surface area contributed by atoms with E-state index in [1.165, 1.54) is 34.3 Å². The molecule has 0 aliphatic heterocycles. The van der Waals surface area contributed by atoms with Gasteiger partial charge in [0.2, 0.25) is 35.4 Å². The molecule has 0 fully saturated rings. The van der Waals surface area contributed by atoms with Crippen LogP contribution in [0.2, 0.25) is 0 Å². The van der Waals surface area contributed by atoms with Gasteiger partial charge < -0.3 is 51.8 Å². The molecule has 1 heterocycles. The van der Waals surface area contributed by atoms with E-state index in [0.29, 0.717) is 33.2 Å². The Balaban J connectivity index is 0.910. The third-order valence-corrected chi connectivity index (χ3v) is 22.8. The van der Waals surface area contributed by atoms with Crippen molar-refractivity contribution in [3.63, 3.8) is 0 Å².